The highest BCUT2D eigenvalue weighted by molar-refractivity contribution is 5.81. The second-order valence-electron chi connectivity index (χ2n) is 4.85. The van der Waals surface area contributed by atoms with E-state index in [2.05, 4.69) is 5.32 Å². The Morgan fingerprint density at radius 2 is 1.86 bits per heavy atom. The summed E-state index contributed by atoms with van der Waals surface area (Å²) >= 11 is 0. The van der Waals surface area contributed by atoms with E-state index in [9.17, 15) is 13.6 Å². The van der Waals surface area contributed by atoms with Crippen LogP contribution >= 0.6 is 0 Å². The highest BCUT2D eigenvalue weighted by Gasteiger charge is 2.17. The van der Waals surface area contributed by atoms with E-state index in [-0.39, 0.29) is 11.6 Å². The van der Waals surface area contributed by atoms with Gasteiger partial charge in [-0.15, -0.1) is 0 Å². The molecule has 1 atom stereocenters. The topological polar surface area (TPSA) is 55.1 Å². The smallest absolute Gasteiger partial charge is 0.239 e. The summed E-state index contributed by atoms with van der Waals surface area (Å²) in [5.74, 6) is -1.21. The Bertz CT molecular complexity index is 641. The second-order valence-corrected chi connectivity index (χ2v) is 4.85. The Kier molecular flexibility index (Phi) is 4.65. The zero-order valence-electron chi connectivity index (χ0n) is 11.6. The normalized spacial score (nSPS) is 12.1. The van der Waals surface area contributed by atoms with Crippen LogP contribution in [-0.4, -0.2) is 5.91 Å². The Labute approximate surface area is 121 Å². The Morgan fingerprint density at radius 1 is 1.19 bits per heavy atom. The molecule has 2 rings (SSSR count). The lowest BCUT2D eigenvalue weighted by Crippen LogP contribution is -2.33. The summed E-state index contributed by atoms with van der Waals surface area (Å²) in [6.45, 7) is 2.02. The molecule has 0 heterocycles. The molecule has 0 fully saturated rings. The van der Waals surface area contributed by atoms with E-state index in [0.717, 1.165) is 5.56 Å². The lowest BCUT2D eigenvalue weighted by molar-refractivity contribution is -0.120. The van der Waals surface area contributed by atoms with Crippen molar-refractivity contribution in [3.63, 3.8) is 0 Å². The summed E-state index contributed by atoms with van der Waals surface area (Å²) in [6.07, 6.45) is 0. The lowest BCUT2D eigenvalue weighted by atomic mass is 10.1. The average Bonchev–Trinajstić information content (AvgIpc) is 2.44. The van der Waals surface area contributed by atoms with E-state index < -0.39 is 11.9 Å². The fourth-order valence-corrected chi connectivity index (χ4v) is 2.07. The summed E-state index contributed by atoms with van der Waals surface area (Å²) in [5.41, 5.74) is 7.33. The van der Waals surface area contributed by atoms with Gasteiger partial charge in [0.1, 0.15) is 17.7 Å². The number of aryl methyl sites for hydroxylation is 1. The van der Waals surface area contributed by atoms with E-state index in [1.165, 1.54) is 30.3 Å². The minimum absolute atomic E-state index is 0.274. The summed E-state index contributed by atoms with van der Waals surface area (Å²) < 4.78 is 26.1. The van der Waals surface area contributed by atoms with E-state index >= 15 is 0 Å². The minimum atomic E-state index is -0.726. The van der Waals surface area contributed by atoms with E-state index in [0.29, 0.717) is 17.7 Å². The van der Waals surface area contributed by atoms with Crippen molar-refractivity contribution in [1.82, 2.24) is 5.32 Å². The molecule has 0 aromatic heterocycles. The predicted molar refractivity (Wildman–Crippen MR) is 76.3 cm³/mol. The van der Waals surface area contributed by atoms with Crippen LogP contribution in [0.4, 0.5) is 8.78 Å². The first-order chi connectivity index (χ1) is 9.97. The largest absolute Gasteiger partial charge is 0.368 e. The van der Waals surface area contributed by atoms with Crippen LogP contribution in [0.1, 0.15) is 22.7 Å². The number of nitrogens with one attached hydrogen (secondary N) is 1. The van der Waals surface area contributed by atoms with Gasteiger partial charge >= 0.3 is 0 Å². The Hall–Kier alpha value is -2.27. The number of rotatable bonds is 5. The Balaban J connectivity index is 2.11. The van der Waals surface area contributed by atoms with Crippen molar-refractivity contribution in [2.24, 2.45) is 5.73 Å². The van der Waals surface area contributed by atoms with Crippen molar-refractivity contribution in [3.05, 3.63) is 70.8 Å². The zero-order valence-corrected chi connectivity index (χ0v) is 11.6. The molecule has 110 valence electrons. The highest BCUT2D eigenvalue weighted by atomic mass is 19.1. The molecular weight excluding hydrogens is 274 g/mol. The van der Waals surface area contributed by atoms with Crippen molar-refractivity contribution in [2.45, 2.75) is 19.5 Å². The number of hydrogen-bond acceptors (Lipinski definition) is 2. The number of carbonyl (C=O) groups is 1. The molecule has 3 N–H and O–H groups in total. The number of primary amides is 1. The number of hydrogen-bond donors (Lipinski definition) is 2. The van der Waals surface area contributed by atoms with Crippen molar-refractivity contribution >= 4 is 5.91 Å². The van der Waals surface area contributed by atoms with Crippen molar-refractivity contribution < 1.29 is 13.6 Å². The van der Waals surface area contributed by atoms with Crippen LogP contribution in [0.15, 0.2) is 42.5 Å². The highest BCUT2D eigenvalue weighted by Crippen LogP contribution is 2.15. The molecule has 1 unspecified atom stereocenters. The maximum atomic E-state index is 13.2. The van der Waals surface area contributed by atoms with Crippen LogP contribution < -0.4 is 11.1 Å². The third-order valence-corrected chi connectivity index (χ3v) is 3.22. The van der Waals surface area contributed by atoms with Gasteiger partial charge in [-0.2, -0.15) is 0 Å². The first kappa shape index (κ1) is 15.1. The van der Waals surface area contributed by atoms with Gasteiger partial charge in [-0.25, -0.2) is 8.78 Å². The summed E-state index contributed by atoms with van der Waals surface area (Å²) in [4.78, 5) is 11.5. The zero-order chi connectivity index (χ0) is 15.4. The van der Waals surface area contributed by atoms with Gasteiger partial charge in [0.25, 0.3) is 0 Å². The van der Waals surface area contributed by atoms with Gasteiger partial charge in [-0.05, 0) is 41.8 Å². The summed E-state index contributed by atoms with van der Waals surface area (Å²) in [5, 5.41) is 3.00. The molecule has 1 amide bonds. The third kappa shape index (κ3) is 3.86. The van der Waals surface area contributed by atoms with Gasteiger partial charge in [-0.1, -0.05) is 24.3 Å². The fourth-order valence-electron chi connectivity index (χ4n) is 2.07. The van der Waals surface area contributed by atoms with Crippen LogP contribution in [0, 0.1) is 18.6 Å². The molecule has 5 heteroatoms. The van der Waals surface area contributed by atoms with Crippen LogP contribution in [0.3, 0.4) is 0 Å². The lowest BCUT2D eigenvalue weighted by Gasteiger charge is -2.16. The summed E-state index contributed by atoms with van der Waals surface area (Å²) in [6, 6.07) is 9.55. The first-order valence-electron chi connectivity index (χ1n) is 6.50. The van der Waals surface area contributed by atoms with Crippen molar-refractivity contribution in [1.29, 1.82) is 0 Å². The molecule has 0 bridgehead atoms. The van der Waals surface area contributed by atoms with Gasteiger partial charge in [0.05, 0.1) is 0 Å². The van der Waals surface area contributed by atoms with Crippen LogP contribution in [0.25, 0.3) is 0 Å². The quantitative estimate of drug-likeness (QED) is 0.889. The molecule has 0 spiro atoms. The molecule has 0 saturated carbocycles. The Morgan fingerprint density at radius 3 is 2.43 bits per heavy atom. The fraction of sp³-hybridized carbons (Fsp3) is 0.188. The van der Waals surface area contributed by atoms with Crippen molar-refractivity contribution in [3.8, 4) is 0 Å². The standard InChI is InChI=1S/C16H16F2N2O/c1-10-8-11(2-7-14(10)18)9-20-15(16(19)21)12-3-5-13(17)6-4-12/h2-8,15,20H,9H2,1H3,(H2,19,21). The van der Waals surface area contributed by atoms with E-state index in [1.807, 2.05) is 0 Å². The van der Waals surface area contributed by atoms with Crippen LogP contribution in [-0.2, 0) is 11.3 Å². The minimum Gasteiger partial charge on any atom is -0.368 e. The molecule has 21 heavy (non-hydrogen) atoms. The molecule has 2 aromatic rings. The van der Waals surface area contributed by atoms with Gasteiger partial charge < -0.3 is 5.73 Å². The molecule has 0 saturated heterocycles. The van der Waals surface area contributed by atoms with Crippen LogP contribution in [0.5, 0.6) is 0 Å². The molecule has 0 aliphatic heterocycles. The number of halogens is 2. The van der Waals surface area contributed by atoms with Gasteiger partial charge in [0.2, 0.25) is 5.91 Å². The van der Waals surface area contributed by atoms with Gasteiger partial charge in [0, 0.05) is 6.54 Å². The van der Waals surface area contributed by atoms with Crippen LogP contribution in [0.2, 0.25) is 0 Å². The SMILES string of the molecule is Cc1cc(CNC(C(N)=O)c2ccc(F)cc2)ccc1F. The predicted octanol–water partition coefficient (Wildman–Crippen LogP) is 2.59. The monoisotopic (exact) mass is 290 g/mol. The number of nitrogens with two attached hydrogens (primary N) is 1. The second kappa shape index (κ2) is 6.45. The number of amides is 1. The first-order valence-corrected chi connectivity index (χ1v) is 6.50. The van der Waals surface area contributed by atoms with Gasteiger partial charge in [-0.3, -0.25) is 10.1 Å². The van der Waals surface area contributed by atoms with Gasteiger partial charge in [0.15, 0.2) is 0 Å². The molecule has 0 radical (unpaired) electrons. The maximum Gasteiger partial charge on any atom is 0.239 e. The third-order valence-electron chi connectivity index (χ3n) is 3.22. The summed E-state index contributed by atoms with van der Waals surface area (Å²) in [7, 11) is 0. The molecule has 0 aliphatic rings. The molecule has 2 aromatic carbocycles. The number of benzene rings is 2. The molecule has 3 nitrogen and oxygen atoms in total. The molecule has 0 aliphatic carbocycles. The van der Waals surface area contributed by atoms with E-state index in [4.69, 9.17) is 5.73 Å². The average molecular weight is 290 g/mol. The number of carbonyl (C=O) groups excluding carboxylic acids is 1. The van der Waals surface area contributed by atoms with E-state index in [1.54, 1.807) is 19.1 Å². The molecular formula is C16H16F2N2O. The van der Waals surface area contributed by atoms with Crippen molar-refractivity contribution in [2.75, 3.05) is 0 Å². The maximum absolute atomic E-state index is 13.2.